The maximum absolute atomic E-state index is 6.20. The molecule has 0 saturated carbocycles. The van der Waals surface area contributed by atoms with Crippen molar-refractivity contribution in [3.05, 3.63) is 10.4 Å². The number of alkyl halides is 1. The number of fused-ring (bicyclic) bond motifs is 5. The van der Waals surface area contributed by atoms with Crippen molar-refractivity contribution in [3.63, 3.8) is 0 Å². The molecule has 20 heavy (non-hydrogen) atoms. The highest BCUT2D eigenvalue weighted by atomic mass is 127. The molecule has 4 rings (SSSR count). The number of ether oxygens (including phenoxy) is 1. The second-order valence-electron chi connectivity index (χ2n) is 4.95. The number of rotatable bonds is 2. The molecule has 2 aromatic rings. The fourth-order valence-corrected chi connectivity index (χ4v) is 5.30. The van der Waals surface area contributed by atoms with E-state index < -0.39 is 0 Å². The van der Waals surface area contributed by atoms with Crippen molar-refractivity contribution in [1.82, 2.24) is 4.98 Å². The maximum atomic E-state index is 6.20. The van der Waals surface area contributed by atoms with E-state index >= 15 is 0 Å². The summed E-state index contributed by atoms with van der Waals surface area (Å²) in [5.41, 5.74) is 1.51. The molecule has 108 valence electrons. The van der Waals surface area contributed by atoms with E-state index in [1.54, 1.807) is 11.8 Å². The second-order valence-corrected chi connectivity index (χ2v) is 7.68. The van der Waals surface area contributed by atoms with Crippen LogP contribution in [0.15, 0.2) is 5.16 Å². The normalized spacial score (nSPS) is 19.6. The van der Waals surface area contributed by atoms with E-state index in [0.717, 1.165) is 22.0 Å². The van der Waals surface area contributed by atoms with Gasteiger partial charge in [-0.2, -0.15) is 4.57 Å². The molecule has 0 saturated heterocycles. The Morgan fingerprint density at radius 2 is 2.35 bits per heavy atom. The quantitative estimate of drug-likeness (QED) is 0.179. The Balaban J connectivity index is 0.00000121. The van der Waals surface area contributed by atoms with E-state index in [4.69, 9.17) is 9.72 Å². The van der Waals surface area contributed by atoms with Crippen molar-refractivity contribution in [2.24, 2.45) is 0 Å². The molecule has 0 bridgehead atoms. The zero-order valence-corrected chi connectivity index (χ0v) is 16.9. The molecule has 1 aliphatic carbocycles. The number of nitrogens with zero attached hydrogens (tertiary/aromatic N) is 2. The smallest absolute Gasteiger partial charge is 0.363 e. The summed E-state index contributed by atoms with van der Waals surface area (Å²) in [6.45, 7) is 0.946. The first kappa shape index (κ1) is 15.5. The predicted molar refractivity (Wildman–Crippen MR) is 86.9 cm³/mol. The van der Waals surface area contributed by atoms with Crippen molar-refractivity contribution in [1.29, 1.82) is 0 Å². The van der Waals surface area contributed by atoms with Gasteiger partial charge in [-0.05, 0) is 47.8 Å². The Bertz CT molecular complexity index is 674. The number of thiophene rings is 1. The molecule has 2 aromatic heterocycles. The van der Waals surface area contributed by atoms with Crippen LogP contribution in [-0.4, -0.2) is 21.8 Å². The van der Waals surface area contributed by atoms with Gasteiger partial charge >= 0.3 is 5.16 Å². The lowest BCUT2D eigenvalue weighted by Crippen LogP contribution is -3.00. The average molecular weight is 532 g/mol. The molecule has 0 fully saturated rings. The van der Waals surface area contributed by atoms with Gasteiger partial charge in [-0.1, -0.05) is 33.9 Å². The molecule has 3 nitrogen and oxygen atoms in total. The molecular weight excluding hydrogens is 518 g/mol. The third-order valence-electron chi connectivity index (χ3n) is 3.81. The molecular formula is C13H14I2N2OS2. The molecule has 0 N–H and O–H groups in total. The largest absolute Gasteiger partial charge is 1.00 e. The zero-order chi connectivity index (χ0) is 13.0. The maximum Gasteiger partial charge on any atom is 0.363 e. The van der Waals surface area contributed by atoms with Gasteiger partial charge in [-0.3, -0.25) is 0 Å². The Morgan fingerprint density at radius 3 is 3.10 bits per heavy atom. The lowest BCUT2D eigenvalue weighted by atomic mass is 10.2. The average Bonchev–Trinajstić information content (AvgIpc) is 3.09. The molecule has 0 aromatic carbocycles. The number of aryl methyl sites for hydroxylation is 2. The summed E-state index contributed by atoms with van der Waals surface area (Å²) in [4.78, 5) is 7.57. The summed E-state index contributed by atoms with van der Waals surface area (Å²) in [5.74, 6) is 1.08. The zero-order valence-electron chi connectivity index (χ0n) is 11.0. The van der Waals surface area contributed by atoms with Gasteiger partial charge < -0.3 is 28.7 Å². The molecule has 0 amide bonds. The van der Waals surface area contributed by atoms with Crippen molar-refractivity contribution in [2.45, 2.75) is 37.1 Å². The molecule has 0 radical (unpaired) electrons. The van der Waals surface area contributed by atoms with Crippen molar-refractivity contribution < 1.29 is 33.3 Å². The van der Waals surface area contributed by atoms with Crippen LogP contribution in [0.4, 0.5) is 0 Å². The minimum Gasteiger partial charge on any atom is -1.00 e. The molecule has 1 unspecified atom stereocenters. The van der Waals surface area contributed by atoms with Crippen LogP contribution in [-0.2, 0) is 19.4 Å². The first-order chi connectivity index (χ1) is 9.31. The summed E-state index contributed by atoms with van der Waals surface area (Å²) in [5, 5.41) is 2.40. The standard InChI is InChI=1S/C13H14IN2OS2.HI/c1-18-13-15-11-10(8-3-2-4-9(8)19-11)12-16(13)6-7(5-14)17-12;/h7H,2-6H2,1H3;1H/q+1;/p-1. The highest BCUT2D eigenvalue weighted by Crippen LogP contribution is 2.41. The van der Waals surface area contributed by atoms with Crippen LogP contribution in [0, 0.1) is 0 Å². The van der Waals surface area contributed by atoms with E-state index in [-0.39, 0.29) is 24.0 Å². The van der Waals surface area contributed by atoms with Gasteiger partial charge in [0, 0.05) is 9.30 Å². The highest BCUT2D eigenvalue weighted by Gasteiger charge is 2.37. The third-order valence-corrected chi connectivity index (χ3v) is 6.65. The first-order valence-electron chi connectivity index (χ1n) is 6.46. The Kier molecular flexibility index (Phi) is 4.69. The van der Waals surface area contributed by atoms with Gasteiger partial charge in [0.15, 0.2) is 0 Å². The molecule has 1 atom stereocenters. The molecule has 3 heterocycles. The summed E-state index contributed by atoms with van der Waals surface area (Å²) < 4.78 is 9.51. The van der Waals surface area contributed by atoms with Gasteiger partial charge in [-0.15, -0.1) is 0 Å². The van der Waals surface area contributed by atoms with Gasteiger partial charge in [0.2, 0.25) is 4.83 Å². The van der Waals surface area contributed by atoms with Gasteiger partial charge in [-0.25, -0.2) is 0 Å². The minimum absolute atomic E-state index is 0. The molecule has 1 aliphatic heterocycles. The summed E-state index contributed by atoms with van der Waals surface area (Å²) in [7, 11) is 0. The van der Waals surface area contributed by atoms with E-state index in [1.807, 2.05) is 11.3 Å². The monoisotopic (exact) mass is 532 g/mol. The van der Waals surface area contributed by atoms with Crippen molar-refractivity contribution >= 4 is 55.9 Å². The van der Waals surface area contributed by atoms with Crippen LogP contribution in [0.2, 0.25) is 0 Å². The van der Waals surface area contributed by atoms with E-state index in [0.29, 0.717) is 6.10 Å². The number of aromatic nitrogens is 2. The highest BCUT2D eigenvalue weighted by molar-refractivity contribution is 14.1. The fraction of sp³-hybridized carbons (Fsp3) is 0.538. The van der Waals surface area contributed by atoms with Crippen molar-refractivity contribution in [2.75, 3.05) is 10.7 Å². The van der Waals surface area contributed by atoms with Crippen LogP contribution in [0.5, 0.6) is 5.88 Å². The number of halogens is 2. The first-order valence-corrected chi connectivity index (χ1v) is 10.0. The van der Waals surface area contributed by atoms with Crippen LogP contribution in [0.25, 0.3) is 10.2 Å². The third kappa shape index (κ3) is 2.26. The van der Waals surface area contributed by atoms with Crippen LogP contribution < -0.4 is 33.3 Å². The van der Waals surface area contributed by atoms with Gasteiger partial charge in [0.1, 0.15) is 18.0 Å². The Labute approximate surface area is 157 Å². The lowest BCUT2D eigenvalue weighted by Gasteiger charge is -2.02. The molecule has 7 heteroatoms. The van der Waals surface area contributed by atoms with Crippen molar-refractivity contribution in [3.8, 4) is 5.88 Å². The molecule has 2 aliphatic rings. The van der Waals surface area contributed by atoms with Crippen LogP contribution >= 0.6 is 45.7 Å². The number of thioether (sulfide) groups is 1. The fourth-order valence-electron chi connectivity index (χ4n) is 2.98. The lowest BCUT2D eigenvalue weighted by molar-refractivity contribution is -0.720. The van der Waals surface area contributed by atoms with Gasteiger partial charge in [0.25, 0.3) is 5.88 Å². The summed E-state index contributed by atoms with van der Waals surface area (Å²) in [6, 6.07) is 0. The second kappa shape index (κ2) is 6.04. The number of hydrogen-bond donors (Lipinski definition) is 0. The van der Waals surface area contributed by atoms with E-state index in [9.17, 15) is 0 Å². The summed E-state index contributed by atoms with van der Waals surface area (Å²) >= 11 is 6.00. The van der Waals surface area contributed by atoms with Gasteiger partial charge in [0.05, 0.1) is 0 Å². The number of hydrogen-bond acceptors (Lipinski definition) is 4. The Hall–Kier alpha value is 0.650. The minimum atomic E-state index is 0. The topological polar surface area (TPSA) is 26.0 Å². The van der Waals surface area contributed by atoms with Crippen LogP contribution in [0.1, 0.15) is 16.9 Å². The van der Waals surface area contributed by atoms with E-state index in [1.165, 1.54) is 39.9 Å². The van der Waals surface area contributed by atoms with Crippen LogP contribution in [0.3, 0.4) is 0 Å². The Morgan fingerprint density at radius 1 is 1.50 bits per heavy atom. The summed E-state index contributed by atoms with van der Waals surface area (Å²) in [6.07, 6.45) is 6.10. The predicted octanol–water partition coefficient (Wildman–Crippen LogP) is -0.00560. The van der Waals surface area contributed by atoms with E-state index in [2.05, 4.69) is 33.4 Å². The molecule has 0 spiro atoms. The SMILES string of the molecule is CSc1nc2sc3c(c2c2[n+]1CC(CI)O2)CCC3.[I-].